The molecule has 1 atom stereocenters. The Bertz CT molecular complexity index is 570. The van der Waals surface area contributed by atoms with Crippen molar-refractivity contribution in [2.45, 2.75) is 19.0 Å². The molecule has 0 spiro atoms. The number of halogens is 1. The predicted octanol–water partition coefficient (Wildman–Crippen LogP) is 2.42. The number of hydrogen-bond acceptors (Lipinski definition) is 3. The number of rotatable bonds is 2. The number of hydrogen-bond donors (Lipinski definition) is 1. The molecule has 3 rings (SSSR count). The summed E-state index contributed by atoms with van der Waals surface area (Å²) in [5, 5.41) is 1.74. The molecular formula is C14H16ClN3. The first kappa shape index (κ1) is 11.9. The van der Waals surface area contributed by atoms with Crippen LogP contribution in [-0.2, 0) is 6.54 Å². The lowest BCUT2D eigenvalue weighted by Crippen LogP contribution is -2.26. The van der Waals surface area contributed by atoms with Crippen LogP contribution in [0.25, 0.3) is 10.9 Å². The Hall–Kier alpha value is -1.16. The number of nitrogens with two attached hydrogens (primary N) is 1. The third-order valence-corrected chi connectivity index (χ3v) is 3.78. The van der Waals surface area contributed by atoms with Crippen molar-refractivity contribution in [3.8, 4) is 0 Å². The quantitative estimate of drug-likeness (QED) is 0.845. The minimum atomic E-state index is 0.303. The van der Waals surface area contributed by atoms with Crippen molar-refractivity contribution in [3.63, 3.8) is 0 Å². The first-order valence-electron chi connectivity index (χ1n) is 6.24. The Morgan fingerprint density at radius 3 is 3.00 bits per heavy atom. The topological polar surface area (TPSA) is 42.1 Å². The van der Waals surface area contributed by atoms with Gasteiger partial charge in [-0.2, -0.15) is 0 Å². The summed E-state index contributed by atoms with van der Waals surface area (Å²) in [6.45, 7) is 2.83. The number of likely N-dealkylation sites (tertiary alicyclic amines) is 1. The number of para-hydroxylation sites is 1. The summed E-state index contributed by atoms with van der Waals surface area (Å²) in [5.41, 5.74) is 7.95. The Kier molecular flexibility index (Phi) is 3.20. The van der Waals surface area contributed by atoms with Crippen LogP contribution in [0.3, 0.4) is 0 Å². The molecule has 4 heteroatoms. The summed E-state index contributed by atoms with van der Waals surface area (Å²) in [7, 11) is 0. The second kappa shape index (κ2) is 4.84. The third kappa shape index (κ3) is 2.34. The van der Waals surface area contributed by atoms with E-state index in [0.717, 1.165) is 42.5 Å². The zero-order chi connectivity index (χ0) is 12.5. The molecule has 0 aliphatic carbocycles. The molecule has 18 heavy (non-hydrogen) atoms. The van der Waals surface area contributed by atoms with Crippen molar-refractivity contribution < 1.29 is 0 Å². The van der Waals surface area contributed by atoms with Gasteiger partial charge in [0.1, 0.15) is 5.15 Å². The highest BCUT2D eigenvalue weighted by atomic mass is 35.5. The second-order valence-corrected chi connectivity index (χ2v) is 5.27. The van der Waals surface area contributed by atoms with Gasteiger partial charge in [-0.3, -0.25) is 4.90 Å². The summed E-state index contributed by atoms with van der Waals surface area (Å²) in [4.78, 5) is 6.78. The Labute approximate surface area is 112 Å². The Balaban J connectivity index is 1.89. The molecule has 2 aromatic rings. The van der Waals surface area contributed by atoms with Crippen LogP contribution >= 0.6 is 11.6 Å². The molecule has 1 saturated heterocycles. The predicted molar refractivity (Wildman–Crippen MR) is 74.6 cm³/mol. The van der Waals surface area contributed by atoms with Gasteiger partial charge in [0.05, 0.1) is 5.52 Å². The lowest BCUT2D eigenvalue weighted by Gasteiger charge is -2.16. The normalized spacial score (nSPS) is 20.7. The van der Waals surface area contributed by atoms with E-state index in [1.165, 1.54) is 0 Å². The molecule has 1 aromatic carbocycles. The molecule has 3 nitrogen and oxygen atoms in total. The van der Waals surface area contributed by atoms with Crippen molar-refractivity contribution >= 4 is 22.5 Å². The zero-order valence-corrected chi connectivity index (χ0v) is 10.9. The number of nitrogens with zero attached hydrogens (tertiary/aromatic N) is 2. The highest BCUT2D eigenvalue weighted by molar-refractivity contribution is 6.30. The maximum Gasteiger partial charge on any atom is 0.134 e. The number of fused-ring (bicyclic) bond motifs is 1. The Morgan fingerprint density at radius 2 is 2.22 bits per heavy atom. The minimum absolute atomic E-state index is 0.303. The third-order valence-electron chi connectivity index (χ3n) is 3.45. The van der Waals surface area contributed by atoms with Crippen LogP contribution in [0.2, 0.25) is 5.15 Å². The van der Waals surface area contributed by atoms with Crippen molar-refractivity contribution in [3.05, 3.63) is 41.0 Å². The van der Waals surface area contributed by atoms with E-state index in [0.29, 0.717) is 11.2 Å². The molecule has 0 amide bonds. The fourth-order valence-electron chi connectivity index (χ4n) is 2.49. The van der Waals surface area contributed by atoms with E-state index in [9.17, 15) is 0 Å². The molecule has 1 unspecified atom stereocenters. The van der Waals surface area contributed by atoms with Crippen molar-refractivity contribution in [1.29, 1.82) is 0 Å². The van der Waals surface area contributed by atoms with Crippen LogP contribution < -0.4 is 5.73 Å². The van der Waals surface area contributed by atoms with Crippen LogP contribution in [0.1, 0.15) is 12.0 Å². The van der Waals surface area contributed by atoms with E-state index in [2.05, 4.69) is 22.0 Å². The SMILES string of the molecule is NC1CCN(Cc2cc3ccccc3nc2Cl)C1. The number of aromatic nitrogens is 1. The summed E-state index contributed by atoms with van der Waals surface area (Å²) in [5.74, 6) is 0. The standard InChI is InChI=1S/C14H16ClN3/c15-14-11(8-18-6-5-12(16)9-18)7-10-3-1-2-4-13(10)17-14/h1-4,7,12H,5-6,8-9,16H2. The average Bonchev–Trinajstić information content (AvgIpc) is 2.76. The van der Waals surface area contributed by atoms with Gasteiger partial charge in [-0.1, -0.05) is 29.8 Å². The van der Waals surface area contributed by atoms with Crippen LogP contribution in [0.5, 0.6) is 0 Å². The monoisotopic (exact) mass is 261 g/mol. The van der Waals surface area contributed by atoms with E-state index in [1.807, 2.05) is 18.2 Å². The molecular weight excluding hydrogens is 246 g/mol. The maximum absolute atomic E-state index is 6.25. The van der Waals surface area contributed by atoms with Gasteiger partial charge in [0, 0.05) is 36.6 Å². The fraction of sp³-hybridized carbons (Fsp3) is 0.357. The molecule has 0 radical (unpaired) electrons. The lowest BCUT2D eigenvalue weighted by atomic mass is 10.1. The smallest absolute Gasteiger partial charge is 0.134 e. The lowest BCUT2D eigenvalue weighted by molar-refractivity contribution is 0.327. The van der Waals surface area contributed by atoms with Crippen molar-refractivity contribution in [2.24, 2.45) is 5.73 Å². The molecule has 2 heterocycles. The molecule has 0 bridgehead atoms. The van der Waals surface area contributed by atoms with Crippen LogP contribution in [-0.4, -0.2) is 29.0 Å². The fourth-order valence-corrected chi connectivity index (χ4v) is 2.70. The summed E-state index contributed by atoms with van der Waals surface area (Å²) in [6.07, 6.45) is 1.07. The van der Waals surface area contributed by atoms with Crippen molar-refractivity contribution in [1.82, 2.24) is 9.88 Å². The van der Waals surface area contributed by atoms with Crippen LogP contribution in [0.4, 0.5) is 0 Å². The number of pyridine rings is 1. The van der Waals surface area contributed by atoms with Gasteiger partial charge in [0.2, 0.25) is 0 Å². The average molecular weight is 262 g/mol. The van der Waals surface area contributed by atoms with E-state index in [-0.39, 0.29) is 0 Å². The van der Waals surface area contributed by atoms with Gasteiger partial charge in [0.25, 0.3) is 0 Å². The van der Waals surface area contributed by atoms with Gasteiger partial charge in [0.15, 0.2) is 0 Å². The molecule has 1 fully saturated rings. The summed E-state index contributed by atoms with van der Waals surface area (Å²) >= 11 is 6.25. The summed E-state index contributed by atoms with van der Waals surface area (Å²) in [6, 6.07) is 10.5. The molecule has 94 valence electrons. The van der Waals surface area contributed by atoms with E-state index < -0.39 is 0 Å². The zero-order valence-electron chi connectivity index (χ0n) is 10.1. The molecule has 1 aliphatic heterocycles. The number of benzene rings is 1. The van der Waals surface area contributed by atoms with E-state index >= 15 is 0 Å². The highest BCUT2D eigenvalue weighted by Crippen LogP contribution is 2.23. The van der Waals surface area contributed by atoms with Gasteiger partial charge in [-0.05, 0) is 18.6 Å². The van der Waals surface area contributed by atoms with E-state index in [4.69, 9.17) is 17.3 Å². The molecule has 0 saturated carbocycles. The Morgan fingerprint density at radius 1 is 1.39 bits per heavy atom. The van der Waals surface area contributed by atoms with Crippen molar-refractivity contribution in [2.75, 3.05) is 13.1 Å². The van der Waals surface area contributed by atoms with Crippen LogP contribution in [0, 0.1) is 0 Å². The maximum atomic E-state index is 6.25. The summed E-state index contributed by atoms with van der Waals surface area (Å²) < 4.78 is 0. The molecule has 1 aromatic heterocycles. The first-order chi connectivity index (χ1) is 8.72. The first-order valence-corrected chi connectivity index (χ1v) is 6.62. The highest BCUT2D eigenvalue weighted by Gasteiger charge is 2.20. The van der Waals surface area contributed by atoms with Gasteiger partial charge in [-0.25, -0.2) is 4.98 Å². The van der Waals surface area contributed by atoms with E-state index in [1.54, 1.807) is 0 Å². The molecule has 2 N–H and O–H groups in total. The second-order valence-electron chi connectivity index (χ2n) is 4.91. The molecule has 1 aliphatic rings. The van der Waals surface area contributed by atoms with Gasteiger partial charge in [-0.15, -0.1) is 0 Å². The van der Waals surface area contributed by atoms with Gasteiger partial charge < -0.3 is 5.73 Å². The minimum Gasteiger partial charge on any atom is -0.326 e. The van der Waals surface area contributed by atoms with Crippen LogP contribution in [0.15, 0.2) is 30.3 Å². The largest absolute Gasteiger partial charge is 0.326 e. The van der Waals surface area contributed by atoms with Gasteiger partial charge >= 0.3 is 0 Å².